The van der Waals surface area contributed by atoms with E-state index in [4.69, 9.17) is 4.74 Å². The molecule has 0 aromatic carbocycles. The quantitative estimate of drug-likeness (QED) is 0.0779. The predicted octanol–water partition coefficient (Wildman–Crippen LogP) is 15.3. The second-order valence-electron chi connectivity index (χ2n) is 19.3. The van der Waals surface area contributed by atoms with Crippen LogP contribution in [0.4, 0.5) is 0 Å². The molecule has 0 saturated heterocycles. The maximum atomic E-state index is 6.60. The van der Waals surface area contributed by atoms with Crippen LogP contribution < -0.4 is 0 Å². The molecular formula is C47H86O. The lowest BCUT2D eigenvalue weighted by molar-refractivity contribution is -0.111. The van der Waals surface area contributed by atoms with Crippen LogP contribution in [-0.2, 0) is 4.74 Å². The molecule has 0 aliphatic heterocycles. The first-order chi connectivity index (χ1) is 23.2. The van der Waals surface area contributed by atoms with E-state index in [1.54, 1.807) is 5.57 Å². The van der Waals surface area contributed by atoms with Crippen molar-refractivity contribution >= 4 is 0 Å². The number of unbranched alkanes of at least 4 members (excludes halogenated alkanes) is 11. The van der Waals surface area contributed by atoms with Gasteiger partial charge in [-0.15, -0.1) is 0 Å². The van der Waals surface area contributed by atoms with E-state index in [1.165, 1.54) is 173 Å². The minimum absolute atomic E-state index is 0.450. The smallest absolute Gasteiger partial charge is 0.0612 e. The van der Waals surface area contributed by atoms with E-state index in [-0.39, 0.29) is 0 Å². The van der Waals surface area contributed by atoms with Crippen LogP contribution in [0, 0.1) is 52.3 Å². The molecule has 0 heterocycles. The fourth-order valence-electron chi connectivity index (χ4n) is 12.1. The molecule has 3 saturated carbocycles. The zero-order chi connectivity index (χ0) is 34.4. The first-order valence-corrected chi connectivity index (χ1v) is 22.5. The Kier molecular flexibility index (Phi) is 17.4. The Bertz CT molecular complexity index is 903. The van der Waals surface area contributed by atoms with Gasteiger partial charge in [-0.2, -0.15) is 0 Å². The van der Waals surface area contributed by atoms with Gasteiger partial charge in [0.25, 0.3) is 0 Å². The molecule has 0 amide bonds. The predicted molar refractivity (Wildman–Crippen MR) is 211 cm³/mol. The van der Waals surface area contributed by atoms with Crippen molar-refractivity contribution in [2.45, 2.75) is 228 Å². The van der Waals surface area contributed by atoms with E-state index < -0.39 is 0 Å². The molecule has 0 aromatic rings. The fourth-order valence-corrected chi connectivity index (χ4v) is 12.1. The Morgan fingerprint density at radius 2 is 1.33 bits per heavy atom. The van der Waals surface area contributed by atoms with Crippen LogP contribution in [0.15, 0.2) is 11.6 Å². The van der Waals surface area contributed by atoms with Crippen molar-refractivity contribution in [3.05, 3.63) is 11.6 Å². The first-order valence-electron chi connectivity index (χ1n) is 22.5. The SMILES string of the molecule is CCCCCCCCC(C)CCCCCCCCO[C@H]1CCC2(C)C(=CCC3C2CCC2(C)C(C(C)CCCCC(C)C)CCCC32)C1. The summed E-state index contributed by atoms with van der Waals surface area (Å²) < 4.78 is 6.60. The van der Waals surface area contributed by atoms with Crippen LogP contribution in [0.25, 0.3) is 0 Å². The van der Waals surface area contributed by atoms with Crippen LogP contribution in [0.1, 0.15) is 222 Å². The molecule has 3 fully saturated rings. The number of rotatable bonds is 23. The van der Waals surface area contributed by atoms with Crippen LogP contribution in [0.3, 0.4) is 0 Å². The van der Waals surface area contributed by atoms with Crippen molar-refractivity contribution < 1.29 is 4.74 Å². The molecule has 0 aromatic heterocycles. The maximum Gasteiger partial charge on any atom is 0.0612 e. The van der Waals surface area contributed by atoms with E-state index in [1.807, 2.05) is 0 Å². The summed E-state index contributed by atoms with van der Waals surface area (Å²) in [5, 5.41) is 0. The lowest BCUT2D eigenvalue weighted by Gasteiger charge is -2.62. The fraction of sp³-hybridized carbons (Fsp3) is 0.957. The van der Waals surface area contributed by atoms with E-state index in [9.17, 15) is 0 Å². The Morgan fingerprint density at radius 3 is 2.04 bits per heavy atom. The third-order valence-corrected chi connectivity index (χ3v) is 15.2. The number of ether oxygens (including phenoxy) is 1. The summed E-state index contributed by atoms with van der Waals surface area (Å²) in [5.41, 5.74) is 2.84. The van der Waals surface area contributed by atoms with Crippen molar-refractivity contribution in [3.63, 3.8) is 0 Å². The average Bonchev–Trinajstić information content (AvgIpc) is 3.06. The van der Waals surface area contributed by atoms with Crippen molar-refractivity contribution in [1.82, 2.24) is 0 Å². The second-order valence-corrected chi connectivity index (χ2v) is 19.3. The highest BCUT2D eigenvalue weighted by molar-refractivity contribution is 5.25. The van der Waals surface area contributed by atoms with Gasteiger partial charge in [0.05, 0.1) is 6.10 Å². The highest BCUT2D eigenvalue weighted by atomic mass is 16.5. The molecule has 8 unspecified atom stereocenters. The van der Waals surface area contributed by atoms with Gasteiger partial charge in [0.2, 0.25) is 0 Å². The number of hydrogen-bond acceptors (Lipinski definition) is 1. The van der Waals surface area contributed by atoms with Crippen molar-refractivity contribution in [2.24, 2.45) is 52.3 Å². The molecular weight excluding hydrogens is 581 g/mol. The van der Waals surface area contributed by atoms with Crippen molar-refractivity contribution in [2.75, 3.05) is 6.61 Å². The summed E-state index contributed by atoms with van der Waals surface area (Å²) >= 11 is 0. The summed E-state index contributed by atoms with van der Waals surface area (Å²) in [7, 11) is 0. The third kappa shape index (κ3) is 11.3. The van der Waals surface area contributed by atoms with Crippen LogP contribution in [-0.4, -0.2) is 12.7 Å². The van der Waals surface area contributed by atoms with Crippen molar-refractivity contribution in [3.8, 4) is 0 Å². The van der Waals surface area contributed by atoms with Crippen LogP contribution in [0.5, 0.6) is 0 Å². The normalized spacial score (nSPS) is 33.1. The van der Waals surface area contributed by atoms with E-state index in [0.717, 1.165) is 48.0 Å². The summed E-state index contributed by atoms with van der Waals surface area (Å²) in [6, 6.07) is 0. The van der Waals surface area contributed by atoms with Gasteiger partial charge in [0, 0.05) is 6.61 Å². The Labute approximate surface area is 302 Å². The largest absolute Gasteiger partial charge is 0.378 e. The van der Waals surface area contributed by atoms with Gasteiger partial charge in [0.15, 0.2) is 0 Å². The molecule has 9 atom stereocenters. The van der Waals surface area contributed by atoms with Gasteiger partial charge in [-0.05, 0) is 110 Å². The van der Waals surface area contributed by atoms with Crippen LogP contribution >= 0.6 is 0 Å². The topological polar surface area (TPSA) is 9.23 Å². The monoisotopic (exact) mass is 667 g/mol. The highest BCUT2D eigenvalue weighted by Crippen LogP contribution is 2.66. The molecule has 1 heteroatoms. The van der Waals surface area contributed by atoms with Gasteiger partial charge < -0.3 is 4.74 Å². The number of hydrogen-bond donors (Lipinski definition) is 0. The second kappa shape index (κ2) is 20.7. The summed E-state index contributed by atoms with van der Waals surface area (Å²) in [6.07, 6.45) is 41.7. The lowest BCUT2D eigenvalue weighted by atomic mass is 9.42. The molecule has 1 nitrogen and oxygen atoms in total. The zero-order valence-corrected chi connectivity index (χ0v) is 33.9. The molecule has 280 valence electrons. The highest BCUT2D eigenvalue weighted by Gasteiger charge is 2.57. The van der Waals surface area contributed by atoms with Gasteiger partial charge in [-0.25, -0.2) is 0 Å². The molecule has 4 aliphatic carbocycles. The molecule has 0 spiro atoms. The minimum atomic E-state index is 0.450. The average molecular weight is 667 g/mol. The number of fused-ring (bicyclic) bond motifs is 5. The van der Waals surface area contributed by atoms with E-state index in [0.29, 0.717) is 16.9 Å². The Balaban J connectivity index is 1.12. The number of allylic oxidation sites excluding steroid dienone is 1. The molecule has 0 radical (unpaired) electrons. The van der Waals surface area contributed by atoms with E-state index >= 15 is 0 Å². The molecule has 4 rings (SSSR count). The summed E-state index contributed by atoms with van der Waals surface area (Å²) in [6.45, 7) is 18.7. The minimum Gasteiger partial charge on any atom is -0.378 e. The summed E-state index contributed by atoms with van der Waals surface area (Å²) in [5.74, 6) is 6.50. The third-order valence-electron chi connectivity index (χ3n) is 15.2. The first kappa shape index (κ1) is 40.5. The Hall–Kier alpha value is -0.300. The van der Waals surface area contributed by atoms with Gasteiger partial charge >= 0.3 is 0 Å². The molecule has 0 bridgehead atoms. The zero-order valence-electron chi connectivity index (χ0n) is 33.9. The molecule has 48 heavy (non-hydrogen) atoms. The lowest BCUT2D eigenvalue weighted by Crippen LogP contribution is -2.54. The van der Waals surface area contributed by atoms with E-state index in [2.05, 4.69) is 54.5 Å². The molecule has 0 N–H and O–H groups in total. The Morgan fingerprint density at radius 1 is 0.688 bits per heavy atom. The summed E-state index contributed by atoms with van der Waals surface area (Å²) in [4.78, 5) is 0. The van der Waals surface area contributed by atoms with Crippen molar-refractivity contribution in [1.29, 1.82) is 0 Å². The standard InChI is InChI=1S/C47H86O/c1-8-9-10-11-14-17-24-38(4)25-18-15-12-13-16-21-35-48-41-31-33-46(6)40(36-41)29-30-42-44-28-22-27-43(47(44,7)34-32-45(42)46)39(5)26-20-19-23-37(2)3/h29,37-39,41-45H,8-28,30-36H2,1-7H3/t38?,39?,41-,42?,43?,44?,45?,46?,47?/m0/s1. The van der Waals surface area contributed by atoms with Gasteiger partial charge in [-0.1, -0.05) is 176 Å². The van der Waals surface area contributed by atoms with Gasteiger partial charge in [-0.3, -0.25) is 0 Å². The van der Waals surface area contributed by atoms with Gasteiger partial charge in [0.1, 0.15) is 0 Å². The van der Waals surface area contributed by atoms with Crippen LogP contribution in [0.2, 0.25) is 0 Å². The molecule has 4 aliphatic rings. The maximum absolute atomic E-state index is 6.60.